The smallest absolute Gasteiger partial charge is 0.340 e. The molecular weight excluding hydrogens is 359 g/mol. The molecule has 1 aromatic carbocycles. The average molecular weight is 376 g/mol. The molecule has 0 aliphatic carbocycles. The van der Waals surface area contributed by atoms with Gasteiger partial charge in [0.25, 0.3) is 0 Å². The van der Waals surface area contributed by atoms with Crippen molar-refractivity contribution in [1.29, 1.82) is 0 Å². The van der Waals surface area contributed by atoms with E-state index in [1.54, 1.807) is 25.1 Å². The van der Waals surface area contributed by atoms with Gasteiger partial charge in [0.05, 0.1) is 24.3 Å². The van der Waals surface area contributed by atoms with Gasteiger partial charge in [-0.25, -0.2) is 9.59 Å². The van der Waals surface area contributed by atoms with Crippen molar-refractivity contribution in [3.05, 3.63) is 32.9 Å². The lowest BCUT2D eigenvalue weighted by Gasteiger charge is -2.11. The van der Waals surface area contributed by atoms with Crippen molar-refractivity contribution in [2.24, 2.45) is 5.92 Å². The summed E-state index contributed by atoms with van der Waals surface area (Å²) in [6.45, 7) is 6.23. The van der Waals surface area contributed by atoms with Gasteiger partial charge in [-0.05, 0) is 47.6 Å². The van der Waals surface area contributed by atoms with Crippen LogP contribution < -0.4 is 0 Å². The topological polar surface area (TPSA) is 52.6 Å². The molecule has 5 heteroatoms. The standard InChI is InChI=1S/C14H17IO4/c1-4-18-13(16)10-6-5-7-11(15)12(10)14(17)19-8-9(2)3/h5-7,9H,4,8H2,1-3H3. The van der Waals surface area contributed by atoms with Crippen LogP contribution in [0.1, 0.15) is 41.5 Å². The summed E-state index contributed by atoms with van der Waals surface area (Å²) in [4.78, 5) is 23.9. The summed E-state index contributed by atoms with van der Waals surface area (Å²) in [7, 11) is 0. The molecule has 0 aliphatic heterocycles. The molecule has 0 aliphatic rings. The normalized spacial score (nSPS) is 10.4. The summed E-state index contributed by atoms with van der Waals surface area (Å²) in [6.07, 6.45) is 0. The Hall–Kier alpha value is -1.11. The van der Waals surface area contributed by atoms with E-state index < -0.39 is 11.9 Å². The van der Waals surface area contributed by atoms with Crippen molar-refractivity contribution in [3.63, 3.8) is 0 Å². The van der Waals surface area contributed by atoms with Gasteiger partial charge >= 0.3 is 11.9 Å². The quantitative estimate of drug-likeness (QED) is 0.585. The van der Waals surface area contributed by atoms with Crippen molar-refractivity contribution < 1.29 is 19.1 Å². The van der Waals surface area contributed by atoms with Crippen LogP contribution in [0.4, 0.5) is 0 Å². The second-order valence-electron chi connectivity index (χ2n) is 4.38. The van der Waals surface area contributed by atoms with Gasteiger partial charge in [-0.15, -0.1) is 0 Å². The lowest BCUT2D eigenvalue weighted by Crippen LogP contribution is -2.17. The number of rotatable bonds is 5. The molecule has 0 unspecified atom stereocenters. The van der Waals surface area contributed by atoms with E-state index in [1.807, 2.05) is 36.4 Å². The van der Waals surface area contributed by atoms with Crippen LogP contribution in [-0.4, -0.2) is 25.2 Å². The molecule has 0 saturated heterocycles. The van der Waals surface area contributed by atoms with Gasteiger partial charge in [-0.2, -0.15) is 0 Å². The van der Waals surface area contributed by atoms with Gasteiger partial charge in [0, 0.05) is 3.57 Å². The number of carbonyl (C=O) groups excluding carboxylic acids is 2. The molecule has 4 nitrogen and oxygen atoms in total. The van der Waals surface area contributed by atoms with Crippen LogP contribution in [-0.2, 0) is 9.47 Å². The Morgan fingerprint density at radius 2 is 1.89 bits per heavy atom. The van der Waals surface area contributed by atoms with Gasteiger partial charge in [-0.1, -0.05) is 19.9 Å². The largest absolute Gasteiger partial charge is 0.462 e. The van der Waals surface area contributed by atoms with E-state index >= 15 is 0 Å². The molecule has 0 radical (unpaired) electrons. The Morgan fingerprint density at radius 3 is 2.47 bits per heavy atom. The molecule has 0 atom stereocenters. The minimum Gasteiger partial charge on any atom is -0.462 e. The highest BCUT2D eigenvalue weighted by Crippen LogP contribution is 2.19. The fraction of sp³-hybridized carbons (Fsp3) is 0.429. The van der Waals surface area contributed by atoms with E-state index in [4.69, 9.17) is 9.47 Å². The van der Waals surface area contributed by atoms with Crippen LogP contribution in [0, 0.1) is 9.49 Å². The first-order chi connectivity index (χ1) is 8.97. The molecule has 1 rings (SSSR count). The molecule has 0 spiro atoms. The van der Waals surface area contributed by atoms with E-state index in [0.29, 0.717) is 10.2 Å². The van der Waals surface area contributed by atoms with Gasteiger partial charge in [-0.3, -0.25) is 0 Å². The van der Waals surface area contributed by atoms with E-state index in [9.17, 15) is 9.59 Å². The highest BCUT2D eigenvalue weighted by molar-refractivity contribution is 14.1. The van der Waals surface area contributed by atoms with E-state index in [2.05, 4.69) is 0 Å². The summed E-state index contributed by atoms with van der Waals surface area (Å²) in [5, 5.41) is 0. The lowest BCUT2D eigenvalue weighted by molar-refractivity contribution is 0.0433. The van der Waals surface area contributed by atoms with Crippen molar-refractivity contribution in [2.75, 3.05) is 13.2 Å². The first kappa shape index (κ1) is 15.9. The third-order valence-corrected chi connectivity index (χ3v) is 3.16. The van der Waals surface area contributed by atoms with Crippen LogP contribution >= 0.6 is 22.6 Å². The van der Waals surface area contributed by atoms with Crippen LogP contribution in [0.3, 0.4) is 0 Å². The van der Waals surface area contributed by atoms with Gasteiger partial charge in [0.15, 0.2) is 0 Å². The maximum atomic E-state index is 12.1. The Bertz CT molecular complexity index is 469. The van der Waals surface area contributed by atoms with Gasteiger partial charge in [0.2, 0.25) is 0 Å². The van der Waals surface area contributed by atoms with E-state index in [1.165, 1.54) is 0 Å². The third kappa shape index (κ3) is 4.49. The molecule has 0 fully saturated rings. The second kappa shape index (κ2) is 7.47. The average Bonchev–Trinajstić information content (AvgIpc) is 2.35. The molecule has 0 amide bonds. The van der Waals surface area contributed by atoms with E-state index in [-0.39, 0.29) is 23.7 Å². The fourth-order valence-corrected chi connectivity index (χ4v) is 2.14. The van der Waals surface area contributed by atoms with Gasteiger partial charge < -0.3 is 9.47 Å². The number of carbonyl (C=O) groups is 2. The number of hydrogen-bond donors (Lipinski definition) is 0. The lowest BCUT2D eigenvalue weighted by atomic mass is 10.1. The Morgan fingerprint density at radius 1 is 1.21 bits per heavy atom. The van der Waals surface area contributed by atoms with Crippen molar-refractivity contribution in [1.82, 2.24) is 0 Å². The van der Waals surface area contributed by atoms with Crippen LogP contribution in [0.5, 0.6) is 0 Å². The molecule has 0 heterocycles. The number of esters is 2. The molecule has 0 N–H and O–H groups in total. The van der Waals surface area contributed by atoms with Crippen LogP contribution in [0.25, 0.3) is 0 Å². The number of ether oxygens (including phenoxy) is 2. The monoisotopic (exact) mass is 376 g/mol. The zero-order valence-corrected chi connectivity index (χ0v) is 13.4. The molecule has 0 saturated carbocycles. The van der Waals surface area contributed by atoms with Crippen LogP contribution in [0.15, 0.2) is 18.2 Å². The van der Waals surface area contributed by atoms with Crippen molar-refractivity contribution in [3.8, 4) is 0 Å². The predicted molar refractivity (Wildman–Crippen MR) is 80.2 cm³/mol. The highest BCUT2D eigenvalue weighted by Gasteiger charge is 2.22. The Kier molecular flexibility index (Phi) is 6.27. The van der Waals surface area contributed by atoms with Crippen molar-refractivity contribution in [2.45, 2.75) is 20.8 Å². The third-order valence-electron chi connectivity index (χ3n) is 2.26. The first-order valence-corrected chi connectivity index (χ1v) is 7.18. The maximum absolute atomic E-state index is 12.1. The molecule has 19 heavy (non-hydrogen) atoms. The molecular formula is C14H17IO4. The minimum absolute atomic E-state index is 0.247. The Balaban J connectivity index is 3.04. The Labute approximate surface area is 126 Å². The first-order valence-electron chi connectivity index (χ1n) is 6.10. The summed E-state index contributed by atoms with van der Waals surface area (Å²) in [5.41, 5.74) is 0.532. The summed E-state index contributed by atoms with van der Waals surface area (Å²) < 4.78 is 10.8. The zero-order chi connectivity index (χ0) is 14.4. The van der Waals surface area contributed by atoms with E-state index in [0.717, 1.165) is 0 Å². The number of benzene rings is 1. The molecule has 0 aromatic heterocycles. The SMILES string of the molecule is CCOC(=O)c1cccc(I)c1C(=O)OCC(C)C. The summed E-state index contributed by atoms with van der Waals surface area (Å²) in [5.74, 6) is -0.740. The molecule has 104 valence electrons. The summed E-state index contributed by atoms with van der Waals surface area (Å²) >= 11 is 2.01. The van der Waals surface area contributed by atoms with Crippen LogP contribution in [0.2, 0.25) is 0 Å². The fourth-order valence-electron chi connectivity index (χ4n) is 1.43. The molecule has 0 bridgehead atoms. The minimum atomic E-state index is -0.502. The maximum Gasteiger partial charge on any atom is 0.340 e. The number of halogens is 1. The second-order valence-corrected chi connectivity index (χ2v) is 5.54. The van der Waals surface area contributed by atoms with Gasteiger partial charge in [0.1, 0.15) is 0 Å². The zero-order valence-electron chi connectivity index (χ0n) is 11.2. The van der Waals surface area contributed by atoms with Crippen molar-refractivity contribution >= 4 is 34.5 Å². The molecule has 1 aromatic rings. The summed E-state index contributed by atoms with van der Waals surface area (Å²) in [6, 6.07) is 5.05. The number of hydrogen-bond acceptors (Lipinski definition) is 4. The highest BCUT2D eigenvalue weighted by atomic mass is 127. The predicted octanol–water partition coefficient (Wildman–Crippen LogP) is 3.28.